The van der Waals surface area contributed by atoms with E-state index in [1.54, 1.807) is 26.1 Å². The van der Waals surface area contributed by atoms with Gasteiger partial charge < -0.3 is 4.74 Å². The fourth-order valence-electron chi connectivity index (χ4n) is 1.68. The standard InChI is InChI=1S/C14H21NO4S/c1-4-6-10-15(3)20(17,18)13-9-7-8-12(11-13)14(16)19-5-2/h7-9,11H,4-6,10H2,1-3H3. The van der Waals surface area contributed by atoms with Gasteiger partial charge in [0.1, 0.15) is 0 Å². The van der Waals surface area contributed by atoms with Crippen molar-refractivity contribution in [1.29, 1.82) is 0 Å². The van der Waals surface area contributed by atoms with E-state index in [4.69, 9.17) is 4.74 Å². The highest BCUT2D eigenvalue weighted by atomic mass is 32.2. The van der Waals surface area contributed by atoms with E-state index in [2.05, 4.69) is 0 Å². The number of nitrogens with zero attached hydrogens (tertiary/aromatic N) is 1. The first kappa shape index (κ1) is 16.7. The van der Waals surface area contributed by atoms with Gasteiger partial charge in [-0.3, -0.25) is 0 Å². The Labute approximate surface area is 120 Å². The number of ether oxygens (including phenoxy) is 1. The summed E-state index contributed by atoms with van der Waals surface area (Å²) in [5.41, 5.74) is 0.247. The predicted octanol–water partition coefficient (Wildman–Crippen LogP) is 2.28. The van der Waals surface area contributed by atoms with Gasteiger partial charge in [0.15, 0.2) is 0 Å². The lowest BCUT2D eigenvalue weighted by Gasteiger charge is -2.17. The molecule has 0 atom stereocenters. The minimum absolute atomic E-state index is 0.113. The smallest absolute Gasteiger partial charge is 0.338 e. The molecule has 0 radical (unpaired) electrons. The Kier molecular flexibility index (Phi) is 6.16. The van der Waals surface area contributed by atoms with E-state index in [0.717, 1.165) is 12.8 Å². The van der Waals surface area contributed by atoms with Gasteiger partial charge in [0.25, 0.3) is 0 Å². The van der Waals surface area contributed by atoms with Crippen LogP contribution in [0, 0.1) is 0 Å². The SMILES string of the molecule is CCCCN(C)S(=O)(=O)c1cccc(C(=O)OCC)c1. The van der Waals surface area contributed by atoms with Crippen molar-refractivity contribution in [3.05, 3.63) is 29.8 Å². The van der Waals surface area contributed by atoms with Crippen LogP contribution in [0.5, 0.6) is 0 Å². The largest absolute Gasteiger partial charge is 0.462 e. The molecule has 0 heterocycles. The third kappa shape index (κ3) is 4.05. The highest BCUT2D eigenvalue weighted by Crippen LogP contribution is 2.17. The second-order valence-corrected chi connectivity index (χ2v) is 6.47. The summed E-state index contributed by atoms with van der Waals surface area (Å²) in [5, 5.41) is 0. The number of sulfonamides is 1. The maximum absolute atomic E-state index is 12.3. The summed E-state index contributed by atoms with van der Waals surface area (Å²) in [5.74, 6) is -0.513. The molecule has 0 spiro atoms. The summed E-state index contributed by atoms with van der Waals surface area (Å²) in [6.45, 7) is 4.42. The molecule has 1 aromatic rings. The Morgan fingerprint density at radius 1 is 1.30 bits per heavy atom. The van der Waals surface area contributed by atoms with Gasteiger partial charge in [0.05, 0.1) is 17.1 Å². The zero-order valence-corrected chi connectivity index (χ0v) is 12.9. The van der Waals surface area contributed by atoms with Crippen molar-refractivity contribution in [2.75, 3.05) is 20.2 Å². The second kappa shape index (κ2) is 7.40. The monoisotopic (exact) mass is 299 g/mol. The topological polar surface area (TPSA) is 63.7 Å². The van der Waals surface area contributed by atoms with Crippen LogP contribution in [0.3, 0.4) is 0 Å². The van der Waals surface area contributed by atoms with Crippen molar-refractivity contribution in [2.24, 2.45) is 0 Å². The molecule has 0 aliphatic rings. The van der Waals surface area contributed by atoms with Gasteiger partial charge in [-0.15, -0.1) is 0 Å². The Morgan fingerprint density at radius 2 is 2.00 bits per heavy atom. The maximum Gasteiger partial charge on any atom is 0.338 e. The lowest BCUT2D eigenvalue weighted by molar-refractivity contribution is 0.0526. The molecule has 0 aliphatic heterocycles. The molecule has 112 valence electrons. The average molecular weight is 299 g/mol. The lowest BCUT2D eigenvalue weighted by atomic mass is 10.2. The minimum Gasteiger partial charge on any atom is -0.462 e. The lowest BCUT2D eigenvalue weighted by Crippen LogP contribution is -2.28. The van der Waals surface area contributed by atoms with Gasteiger partial charge >= 0.3 is 5.97 Å². The zero-order chi connectivity index (χ0) is 15.2. The number of esters is 1. The van der Waals surface area contributed by atoms with E-state index in [-0.39, 0.29) is 17.1 Å². The number of carbonyl (C=O) groups excluding carboxylic acids is 1. The quantitative estimate of drug-likeness (QED) is 0.725. The van der Waals surface area contributed by atoms with Crippen molar-refractivity contribution in [2.45, 2.75) is 31.6 Å². The predicted molar refractivity (Wildman–Crippen MR) is 77.1 cm³/mol. The highest BCUT2D eigenvalue weighted by molar-refractivity contribution is 7.89. The van der Waals surface area contributed by atoms with Crippen molar-refractivity contribution >= 4 is 16.0 Å². The van der Waals surface area contributed by atoms with Crippen LogP contribution in [-0.2, 0) is 14.8 Å². The van der Waals surface area contributed by atoms with Crippen LogP contribution in [0.2, 0.25) is 0 Å². The van der Waals surface area contributed by atoms with Crippen molar-refractivity contribution < 1.29 is 17.9 Å². The number of unbranched alkanes of at least 4 members (excludes halogenated alkanes) is 1. The van der Waals surface area contributed by atoms with Gasteiger partial charge in [-0.2, -0.15) is 0 Å². The summed E-state index contributed by atoms with van der Waals surface area (Å²) in [6, 6.07) is 5.94. The Bertz CT molecular complexity index is 554. The van der Waals surface area contributed by atoms with Crippen LogP contribution < -0.4 is 0 Å². The molecule has 0 aromatic heterocycles. The number of hydrogen-bond donors (Lipinski definition) is 0. The number of hydrogen-bond acceptors (Lipinski definition) is 4. The highest BCUT2D eigenvalue weighted by Gasteiger charge is 2.21. The Morgan fingerprint density at radius 3 is 2.60 bits per heavy atom. The summed E-state index contributed by atoms with van der Waals surface area (Å²) < 4.78 is 30.9. The molecule has 0 unspecified atom stereocenters. The molecule has 0 fully saturated rings. The molecular formula is C14H21NO4S. The number of carbonyl (C=O) groups is 1. The summed E-state index contributed by atoms with van der Waals surface area (Å²) in [6.07, 6.45) is 1.72. The molecule has 1 rings (SSSR count). The van der Waals surface area contributed by atoms with Crippen LogP contribution in [0.15, 0.2) is 29.2 Å². The fourth-order valence-corrected chi connectivity index (χ4v) is 2.93. The number of benzene rings is 1. The molecule has 20 heavy (non-hydrogen) atoms. The first-order chi connectivity index (χ1) is 9.43. The Balaban J connectivity index is 3.01. The normalized spacial score (nSPS) is 11.6. The molecule has 0 N–H and O–H groups in total. The molecule has 0 aliphatic carbocycles. The molecule has 0 bridgehead atoms. The van der Waals surface area contributed by atoms with Gasteiger partial charge in [-0.05, 0) is 31.5 Å². The van der Waals surface area contributed by atoms with E-state index in [9.17, 15) is 13.2 Å². The average Bonchev–Trinajstić information content (AvgIpc) is 2.45. The molecule has 1 aromatic carbocycles. The van der Waals surface area contributed by atoms with Crippen molar-refractivity contribution in [1.82, 2.24) is 4.31 Å². The van der Waals surface area contributed by atoms with Crippen LogP contribution in [0.25, 0.3) is 0 Å². The van der Waals surface area contributed by atoms with Gasteiger partial charge in [0, 0.05) is 13.6 Å². The van der Waals surface area contributed by atoms with Gasteiger partial charge in [-0.1, -0.05) is 19.4 Å². The molecule has 0 saturated heterocycles. The summed E-state index contributed by atoms with van der Waals surface area (Å²) in [7, 11) is -2.01. The zero-order valence-electron chi connectivity index (χ0n) is 12.1. The van der Waals surface area contributed by atoms with Crippen molar-refractivity contribution in [3.8, 4) is 0 Å². The third-order valence-electron chi connectivity index (χ3n) is 2.88. The molecule has 6 heteroatoms. The van der Waals surface area contributed by atoms with E-state index in [1.165, 1.54) is 16.4 Å². The van der Waals surface area contributed by atoms with E-state index in [1.807, 2.05) is 6.92 Å². The first-order valence-corrected chi connectivity index (χ1v) is 8.11. The molecule has 0 saturated carbocycles. The van der Waals surface area contributed by atoms with E-state index in [0.29, 0.717) is 6.54 Å². The summed E-state index contributed by atoms with van der Waals surface area (Å²) >= 11 is 0. The Hall–Kier alpha value is -1.40. The third-order valence-corrected chi connectivity index (χ3v) is 4.73. The first-order valence-electron chi connectivity index (χ1n) is 6.67. The molecule has 0 amide bonds. The van der Waals surface area contributed by atoms with Crippen molar-refractivity contribution in [3.63, 3.8) is 0 Å². The van der Waals surface area contributed by atoms with E-state index < -0.39 is 16.0 Å². The maximum atomic E-state index is 12.3. The fraction of sp³-hybridized carbons (Fsp3) is 0.500. The van der Waals surface area contributed by atoms with Crippen LogP contribution in [0.4, 0.5) is 0 Å². The van der Waals surface area contributed by atoms with Crippen LogP contribution in [-0.4, -0.2) is 38.9 Å². The summed E-state index contributed by atoms with van der Waals surface area (Å²) in [4.78, 5) is 11.7. The minimum atomic E-state index is -3.56. The molecular weight excluding hydrogens is 278 g/mol. The van der Waals surface area contributed by atoms with Gasteiger partial charge in [0.2, 0.25) is 10.0 Å². The van der Waals surface area contributed by atoms with Crippen LogP contribution in [0.1, 0.15) is 37.0 Å². The molecule has 5 nitrogen and oxygen atoms in total. The van der Waals surface area contributed by atoms with Crippen LogP contribution >= 0.6 is 0 Å². The van der Waals surface area contributed by atoms with E-state index >= 15 is 0 Å². The van der Waals surface area contributed by atoms with Gasteiger partial charge in [-0.25, -0.2) is 17.5 Å². The number of rotatable bonds is 7. The second-order valence-electron chi connectivity index (χ2n) is 4.43.